The molecule has 13 heavy (non-hydrogen) atoms. The predicted octanol–water partition coefficient (Wildman–Crippen LogP) is 2.74. The summed E-state index contributed by atoms with van der Waals surface area (Å²) in [4.78, 5) is 4.51. The second kappa shape index (κ2) is 6.01. The molecule has 1 N–H and O–H groups in total. The average Bonchev–Trinajstić information content (AvgIpc) is 2.51. The van der Waals surface area contributed by atoms with E-state index in [0.717, 1.165) is 12.4 Å². The van der Waals surface area contributed by atoms with Crippen molar-refractivity contribution >= 4 is 5.84 Å². The maximum absolute atomic E-state index is 4.51. The number of nitrogens with zero attached hydrogens (tertiary/aromatic N) is 1. The second-order valence-electron chi connectivity index (χ2n) is 3.95. The molecule has 0 radical (unpaired) electrons. The van der Waals surface area contributed by atoms with Crippen LogP contribution in [0.2, 0.25) is 0 Å². The summed E-state index contributed by atoms with van der Waals surface area (Å²) in [5, 5.41) is 3.27. The van der Waals surface area contributed by atoms with Crippen molar-refractivity contribution in [2.24, 2.45) is 4.99 Å². The molecule has 0 bridgehead atoms. The summed E-state index contributed by atoms with van der Waals surface area (Å²) in [5.41, 5.74) is 0. The highest BCUT2D eigenvalue weighted by Gasteiger charge is 2.12. The van der Waals surface area contributed by atoms with Crippen LogP contribution >= 0.6 is 0 Å². The Labute approximate surface area is 81.8 Å². The summed E-state index contributed by atoms with van der Waals surface area (Å²) >= 11 is 0. The third-order valence-electron chi connectivity index (χ3n) is 2.61. The summed E-state index contributed by atoms with van der Waals surface area (Å²) in [6, 6.07) is 0.571. The van der Waals surface area contributed by atoms with E-state index in [2.05, 4.69) is 24.2 Å². The number of rotatable bonds is 6. The molecule has 0 aromatic carbocycles. The highest BCUT2D eigenvalue weighted by Crippen LogP contribution is 2.11. The third kappa shape index (κ3) is 4.30. The van der Waals surface area contributed by atoms with Crippen molar-refractivity contribution in [3.05, 3.63) is 0 Å². The lowest BCUT2D eigenvalue weighted by Crippen LogP contribution is -2.18. The topological polar surface area (TPSA) is 24.4 Å². The second-order valence-corrected chi connectivity index (χ2v) is 3.95. The van der Waals surface area contributed by atoms with Gasteiger partial charge in [-0.15, -0.1) is 0 Å². The minimum atomic E-state index is 0.571. The average molecular weight is 182 g/mol. The summed E-state index contributed by atoms with van der Waals surface area (Å²) in [7, 11) is 0. The molecular formula is C11H22N2. The van der Waals surface area contributed by atoms with Crippen LogP contribution in [0.3, 0.4) is 0 Å². The summed E-state index contributed by atoms with van der Waals surface area (Å²) in [5.74, 6) is 1.12. The summed E-state index contributed by atoms with van der Waals surface area (Å²) in [6.07, 6.45) is 8.14. The SMILES string of the molecule is CCCCCCCC1CNC(C)=N1. The molecule has 0 spiro atoms. The summed E-state index contributed by atoms with van der Waals surface area (Å²) in [6.45, 7) is 5.38. The van der Waals surface area contributed by atoms with E-state index in [0.29, 0.717) is 6.04 Å². The first kappa shape index (κ1) is 10.6. The van der Waals surface area contributed by atoms with Gasteiger partial charge in [-0.1, -0.05) is 39.0 Å². The fourth-order valence-electron chi connectivity index (χ4n) is 1.78. The van der Waals surface area contributed by atoms with Gasteiger partial charge in [0.15, 0.2) is 0 Å². The van der Waals surface area contributed by atoms with Crippen molar-refractivity contribution < 1.29 is 0 Å². The lowest BCUT2D eigenvalue weighted by atomic mass is 10.1. The van der Waals surface area contributed by atoms with Gasteiger partial charge < -0.3 is 5.32 Å². The highest BCUT2D eigenvalue weighted by atomic mass is 15.1. The van der Waals surface area contributed by atoms with Gasteiger partial charge in [0, 0.05) is 6.54 Å². The Morgan fingerprint density at radius 3 is 2.69 bits per heavy atom. The number of hydrogen-bond donors (Lipinski definition) is 1. The Morgan fingerprint density at radius 1 is 1.31 bits per heavy atom. The highest BCUT2D eigenvalue weighted by molar-refractivity contribution is 5.81. The van der Waals surface area contributed by atoms with Crippen LogP contribution in [0.4, 0.5) is 0 Å². The molecule has 1 aliphatic heterocycles. The van der Waals surface area contributed by atoms with E-state index in [4.69, 9.17) is 0 Å². The Balaban J connectivity index is 1.94. The molecule has 2 nitrogen and oxygen atoms in total. The molecule has 76 valence electrons. The van der Waals surface area contributed by atoms with Gasteiger partial charge in [0.05, 0.1) is 11.9 Å². The zero-order valence-electron chi connectivity index (χ0n) is 8.97. The summed E-state index contributed by atoms with van der Waals surface area (Å²) < 4.78 is 0. The van der Waals surface area contributed by atoms with E-state index in [1.54, 1.807) is 0 Å². The molecule has 1 atom stereocenters. The van der Waals surface area contributed by atoms with Gasteiger partial charge in [-0.05, 0) is 13.3 Å². The molecule has 1 rings (SSSR count). The zero-order valence-corrected chi connectivity index (χ0v) is 8.97. The van der Waals surface area contributed by atoms with Crippen molar-refractivity contribution in [1.29, 1.82) is 0 Å². The lowest BCUT2D eigenvalue weighted by Gasteiger charge is -2.04. The van der Waals surface area contributed by atoms with E-state index in [-0.39, 0.29) is 0 Å². The normalized spacial score (nSPS) is 21.4. The Hall–Kier alpha value is -0.530. The maximum Gasteiger partial charge on any atom is 0.0936 e. The quantitative estimate of drug-likeness (QED) is 0.628. The van der Waals surface area contributed by atoms with Gasteiger partial charge in [0.2, 0.25) is 0 Å². The van der Waals surface area contributed by atoms with E-state index in [1.807, 2.05) is 0 Å². The predicted molar refractivity (Wildman–Crippen MR) is 58.3 cm³/mol. The zero-order chi connectivity index (χ0) is 9.52. The monoisotopic (exact) mass is 182 g/mol. The largest absolute Gasteiger partial charge is 0.372 e. The van der Waals surface area contributed by atoms with Gasteiger partial charge in [-0.25, -0.2) is 0 Å². The molecule has 0 saturated heterocycles. The first-order valence-electron chi connectivity index (χ1n) is 5.61. The molecule has 0 amide bonds. The Kier molecular flexibility index (Phi) is 4.87. The number of hydrogen-bond acceptors (Lipinski definition) is 2. The Bertz CT molecular complexity index is 163. The first-order chi connectivity index (χ1) is 6.33. The fourth-order valence-corrected chi connectivity index (χ4v) is 1.78. The van der Waals surface area contributed by atoms with Crippen molar-refractivity contribution in [3.8, 4) is 0 Å². The molecule has 0 aliphatic carbocycles. The van der Waals surface area contributed by atoms with Crippen LogP contribution in [0.25, 0.3) is 0 Å². The van der Waals surface area contributed by atoms with Gasteiger partial charge in [0.25, 0.3) is 0 Å². The molecule has 1 heterocycles. The van der Waals surface area contributed by atoms with Crippen molar-refractivity contribution in [1.82, 2.24) is 5.32 Å². The van der Waals surface area contributed by atoms with Gasteiger partial charge in [0.1, 0.15) is 0 Å². The molecule has 1 unspecified atom stereocenters. The van der Waals surface area contributed by atoms with E-state index < -0.39 is 0 Å². The minimum Gasteiger partial charge on any atom is -0.372 e. The number of aliphatic imine (C=N–C) groups is 1. The van der Waals surface area contributed by atoms with Crippen LogP contribution in [-0.2, 0) is 0 Å². The van der Waals surface area contributed by atoms with Gasteiger partial charge in [-0.3, -0.25) is 4.99 Å². The van der Waals surface area contributed by atoms with Crippen LogP contribution in [0.15, 0.2) is 4.99 Å². The van der Waals surface area contributed by atoms with Crippen molar-refractivity contribution in [2.45, 2.75) is 58.4 Å². The molecule has 1 aliphatic rings. The number of unbranched alkanes of at least 4 members (excludes halogenated alkanes) is 4. The van der Waals surface area contributed by atoms with Crippen molar-refractivity contribution in [2.75, 3.05) is 6.54 Å². The lowest BCUT2D eigenvalue weighted by molar-refractivity contribution is 0.552. The van der Waals surface area contributed by atoms with E-state index >= 15 is 0 Å². The fraction of sp³-hybridized carbons (Fsp3) is 0.909. The Morgan fingerprint density at radius 2 is 2.08 bits per heavy atom. The van der Waals surface area contributed by atoms with Crippen LogP contribution in [0.5, 0.6) is 0 Å². The molecule has 0 aromatic heterocycles. The van der Waals surface area contributed by atoms with Crippen LogP contribution in [0, 0.1) is 0 Å². The van der Waals surface area contributed by atoms with Crippen molar-refractivity contribution in [3.63, 3.8) is 0 Å². The van der Waals surface area contributed by atoms with Gasteiger partial charge in [-0.2, -0.15) is 0 Å². The van der Waals surface area contributed by atoms with E-state index in [1.165, 1.54) is 38.5 Å². The maximum atomic E-state index is 4.51. The molecular weight excluding hydrogens is 160 g/mol. The number of amidine groups is 1. The third-order valence-corrected chi connectivity index (χ3v) is 2.61. The van der Waals surface area contributed by atoms with Gasteiger partial charge >= 0.3 is 0 Å². The minimum absolute atomic E-state index is 0.571. The molecule has 0 saturated carbocycles. The molecule has 2 heteroatoms. The standard InChI is InChI=1S/C11H22N2/c1-3-4-5-6-7-8-11-9-12-10(2)13-11/h11H,3-9H2,1-2H3,(H,12,13). The van der Waals surface area contributed by atoms with E-state index in [9.17, 15) is 0 Å². The molecule has 0 fully saturated rings. The van der Waals surface area contributed by atoms with Crippen LogP contribution < -0.4 is 5.32 Å². The molecule has 0 aromatic rings. The smallest absolute Gasteiger partial charge is 0.0936 e. The number of nitrogens with one attached hydrogen (secondary N) is 1. The van der Waals surface area contributed by atoms with Crippen LogP contribution in [0.1, 0.15) is 52.4 Å². The first-order valence-corrected chi connectivity index (χ1v) is 5.61. The van der Waals surface area contributed by atoms with Crippen LogP contribution in [-0.4, -0.2) is 18.4 Å².